The minimum absolute atomic E-state index is 0.337. The van der Waals surface area contributed by atoms with Gasteiger partial charge in [0, 0.05) is 5.54 Å². The highest BCUT2D eigenvalue weighted by molar-refractivity contribution is 5.18. The zero-order valence-electron chi connectivity index (χ0n) is 10.1. The summed E-state index contributed by atoms with van der Waals surface area (Å²) in [6, 6.07) is 1.66. The summed E-state index contributed by atoms with van der Waals surface area (Å²) in [6.45, 7) is 6.86. The number of hydrogen-bond acceptors (Lipinski definition) is 5. The van der Waals surface area contributed by atoms with Crippen LogP contribution >= 0.6 is 0 Å². The largest absolute Gasteiger partial charge is 0.478 e. The van der Waals surface area contributed by atoms with Gasteiger partial charge in [0.15, 0.2) is 0 Å². The van der Waals surface area contributed by atoms with Gasteiger partial charge in [0.05, 0.1) is 12.7 Å². The van der Waals surface area contributed by atoms with Crippen molar-refractivity contribution < 1.29 is 9.47 Å². The minimum atomic E-state index is -0.337. The third-order valence-electron chi connectivity index (χ3n) is 2.27. The van der Waals surface area contributed by atoms with Crippen LogP contribution in [0.4, 0.5) is 0 Å². The Bertz CT molecular complexity index is 329. The van der Waals surface area contributed by atoms with Crippen LogP contribution in [0.2, 0.25) is 0 Å². The summed E-state index contributed by atoms with van der Waals surface area (Å²) < 4.78 is 10.7. The van der Waals surface area contributed by atoms with Gasteiger partial charge in [-0.3, -0.25) is 0 Å². The van der Waals surface area contributed by atoms with Gasteiger partial charge in [-0.25, -0.2) is 9.97 Å². The molecule has 0 radical (unpaired) electrons. The molecule has 2 N–H and O–H groups in total. The molecule has 0 spiro atoms. The molecule has 0 aliphatic rings. The van der Waals surface area contributed by atoms with Gasteiger partial charge in [-0.05, 0) is 20.3 Å². The zero-order valence-corrected chi connectivity index (χ0v) is 10.1. The number of rotatable bonds is 6. The number of nitrogens with two attached hydrogens (primary N) is 1. The van der Waals surface area contributed by atoms with E-state index in [-0.39, 0.29) is 5.54 Å². The molecular formula is C11H19N3O2. The first-order valence-electron chi connectivity index (χ1n) is 5.44. The van der Waals surface area contributed by atoms with Crippen LogP contribution in [0.3, 0.4) is 0 Å². The third-order valence-corrected chi connectivity index (χ3v) is 2.27. The zero-order chi connectivity index (χ0) is 12.0. The quantitative estimate of drug-likeness (QED) is 0.792. The van der Waals surface area contributed by atoms with Crippen molar-refractivity contribution in [3.63, 3.8) is 0 Å². The van der Waals surface area contributed by atoms with Crippen LogP contribution in [0, 0.1) is 0 Å². The molecule has 1 unspecified atom stereocenters. The second kappa shape index (κ2) is 5.65. The van der Waals surface area contributed by atoms with E-state index in [9.17, 15) is 0 Å². The van der Waals surface area contributed by atoms with E-state index >= 15 is 0 Å². The molecule has 90 valence electrons. The lowest BCUT2D eigenvalue weighted by molar-refractivity contribution is 0.216. The molecule has 5 heteroatoms. The van der Waals surface area contributed by atoms with Crippen molar-refractivity contribution in [3.05, 3.63) is 12.4 Å². The molecule has 0 saturated heterocycles. The summed E-state index contributed by atoms with van der Waals surface area (Å²) >= 11 is 0. The third kappa shape index (κ3) is 4.02. The molecule has 16 heavy (non-hydrogen) atoms. The highest BCUT2D eigenvalue weighted by Gasteiger charge is 2.16. The Hall–Kier alpha value is -1.36. The van der Waals surface area contributed by atoms with Crippen LogP contribution in [-0.4, -0.2) is 28.7 Å². The molecule has 0 aliphatic heterocycles. The molecule has 0 aliphatic carbocycles. The van der Waals surface area contributed by atoms with E-state index in [2.05, 4.69) is 9.97 Å². The normalized spacial score (nSPS) is 14.2. The Morgan fingerprint density at radius 3 is 2.44 bits per heavy atom. The molecule has 1 aromatic heterocycles. The molecule has 1 aromatic rings. The molecule has 0 aromatic carbocycles. The lowest BCUT2D eigenvalue weighted by atomic mass is 10.0. The van der Waals surface area contributed by atoms with E-state index in [0.29, 0.717) is 25.0 Å². The topological polar surface area (TPSA) is 70.3 Å². The van der Waals surface area contributed by atoms with Crippen molar-refractivity contribution >= 4 is 0 Å². The predicted molar refractivity (Wildman–Crippen MR) is 61.6 cm³/mol. The molecule has 0 amide bonds. The van der Waals surface area contributed by atoms with Gasteiger partial charge < -0.3 is 15.2 Å². The maximum absolute atomic E-state index is 5.96. The van der Waals surface area contributed by atoms with E-state index in [1.807, 2.05) is 20.8 Å². The average molecular weight is 225 g/mol. The smallest absolute Gasteiger partial charge is 0.220 e. The molecule has 0 saturated carbocycles. The first kappa shape index (κ1) is 12.7. The summed E-state index contributed by atoms with van der Waals surface area (Å²) in [5, 5.41) is 0. The van der Waals surface area contributed by atoms with Crippen LogP contribution in [-0.2, 0) is 0 Å². The van der Waals surface area contributed by atoms with Gasteiger partial charge in [0.25, 0.3) is 0 Å². The van der Waals surface area contributed by atoms with Crippen LogP contribution < -0.4 is 15.2 Å². The van der Waals surface area contributed by atoms with Crippen molar-refractivity contribution in [1.82, 2.24) is 9.97 Å². The number of nitrogens with zero attached hydrogens (tertiary/aromatic N) is 2. The fraction of sp³-hybridized carbons (Fsp3) is 0.636. The van der Waals surface area contributed by atoms with Gasteiger partial charge in [0.2, 0.25) is 11.8 Å². The lowest BCUT2D eigenvalue weighted by Gasteiger charge is -2.22. The first-order chi connectivity index (χ1) is 7.57. The summed E-state index contributed by atoms with van der Waals surface area (Å²) in [6.07, 6.45) is 2.26. The molecular weight excluding hydrogens is 206 g/mol. The highest BCUT2D eigenvalue weighted by atomic mass is 16.5. The van der Waals surface area contributed by atoms with Gasteiger partial charge in [-0.1, -0.05) is 6.92 Å². The minimum Gasteiger partial charge on any atom is -0.478 e. The summed E-state index contributed by atoms with van der Waals surface area (Å²) in [5.74, 6) is 1.01. The molecule has 5 nitrogen and oxygen atoms in total. The standard InChI is InChI=1S/C11H19N3O2/c1-4-11(3,12)7-16-10-6-9(15-5-2)13-8-14-10/h6,8H,4-5,7,12H2,1-3H3. The average Bonchev–Trinajstić information content (AvgIpc) is 2.28. The van der Waals surface area contributed by atoms with Crippen LogP contribution in [0.5, 0.6) is 11.8 Å². The number of ether oxygens (including phenoxy) is 2. The van der Waals surface area contributed by atoms with Gasteiger partial charge >= 0.3 is 0 Å². The van der Waals surface area contributed by atoms with Crippen molar-refractivity contribution in [2.24, 2.45) is 5.73 Å². The monoisotopic (exact) mass is 225 g/mol. The van der Waals surface area contributed by atoms with E-state index in [4.69, 9.17) is 15.2 Å². The number of hydrogen-bond donors (Lipinski definition) is 1. The van der Waals surface area contributed by atoms with Gasteiger partial charge in [-0.15, -0.1) is 0 Å². The van der Waals surface area contributed by atoms with Crippen molar-refractivity contribution in [1.29, 1.82) is 0 Å². The Kier molecular flexibility index (Phi) is 4.49. The SMILES string of the molecule is CCOc1cc(OCC(C)(N)CC)ncn1. The Morgan fingerprint density at radius 1 is 1.25 bits per heavy atom. The van der Waals surface area contributed by atoms with E-state index in [0.717, 1.165) is 6.42 Å². The number of aromatic nitrogens is 2. The maximum Gasteiger partial charge on any atom is 0.220 e. The van der Waals surface area contributed by atoms with Crippen molar-refractivity contribution in [2.45, 2.75) is 32.7 Å². The Morgan fingerprint density at radius 2 is 1.88 bits per heavy atom. The second-order valence-electron chi connectivity index (χ2n) is 3.92. The molecule has 1 heterocycles. The fourth-order valence-electron chi connectivity index (χ4n) is 0.969. The molecule has 1 rings (SSSR count). The molecule has 1 atom stereocenters. The van der Waals surface area contributed by atoms with E-state index in [1.165, 1.54) is 6.33 Å². The highest BCUT2D eigenvalue weighted by Crippen LogP contribution is 2.15. The van der Waals surface area contributed by atoms with E-state index in [1.54, 1.807) is 6.07 Å². The van der Waals surface area contributed by atoms with Crippen molar-refractivity contribution in [2.75, 3.05) is 13.2 Å². The van der Waals surface area contributed by atoms with Crippen LogP contribution in [0.25, 0.3) is 0 Å². The summed E-state index contributed by atoms with van der Waals surface area (Å²) in [5.41, 5.74) is 5.62. The lowest BCUT2D eigenvalue weighted by Crippen LogP contribution is -2.41. The molecule has 0 fully saturated rings. The van der Waals surface area contributed by atoms with Crippen LogP contribution in [0.15, 0.2) is 12.4 Å². The maximum atomic E-state index is 5.96. The summed E-state index contributed by atoms with van der Waals surface area (Å²) in [7, 11) is 0. The Labute approximate surface area is 96.0 Å². The van der Waals surface area contributed by atoms with Gasteiger partial charge in [-0.2, -0.15) is 0 Å². The van der Waals surface area contributed by atoms with Crippen molar-refractivity contribution in [3.8, 4) is 11.8 Å². The van der Waals surface area contributed by atoms with Crippen LogP contribution in [0.1, 0.15) is 27.2 Å². The Balaban J connectivity index is 2.57. The summed E-state index contributed by atoms with van der Waals surface area (Å²) in [4.78, 5) is 7.94. The first-order valence-corrected chi connectivity index (χ1v) is 5.44. The fourth-order valence-corrected chi connectivity index (χ4v) is 0.969. The predicted octanol–water partition coefficient (Wildman–Crippen LogP) is 1.38. The van der Waals surface area contributed by atoms with E-state index < -0.39 is 0 Å². The second-order valence-corrected chi connectivity index (χ2v) is 3.92. The molecule has 0 bridgehead atoms. The van der Waals surface area contributed by atoms with Gasteiger partial charge in [0.1, 0.15) is 12.9 Å².